The minimum absolute atomic E-state index is 0.123. The molecule has 6 heteroatoms. The van der Waals surface area contributed by atoms with Gasteiger partial charge in [0.25, 0.3) is 5.91 Å². The topological polar surface area (TPSA) is 55.1 Å². The van der Waals surface area contributed by atoms with Gasteiger partial charge in [0.05, 0.1) is 11.3 Å². The van der Waals surface area contributed by atoms with Gasteiger partial charge in [-0.15, -0.1) is 0 Å². The second-order valence-corrected chi connectivity index (χ2v) is 6.02. The first-order valence-corrected chi connectivity index (χ1v) is 7.57. The summed E-state index contributed by atoms with van der Waals surface area (Å²) in [6, 6.07) is 5.35. The van der Waals surface area contributed by atoms with Crippen LogP contribution in [0.15, 0.2) is 33.4 Å². The van der Waals surface area contributed by atoms with Crippen LogP contribution in [0.3, 0.4) is 0 Å². The van der Waals surface area contributed by atoms with Crippen LogP contribution in [-0.2, 0) is 0 Å². The molecule has 3 nitrogen and oxygen atoms in total. The summed E-state index contributed by atoms with van der Waals surface area (Å²) in [4.78, 5) is 12.4. The average Bonchev–Trinajstić information content (AvgIpc) is 2.77. The average molecular weight is 355 g/mol. The number of hydrogen-bond donors (Lipinski definition) is 2. The van der Waals surface area contributed by atoms with Crippen LogP contribution in [0.25, 0.3) is 0 Å². The van der Waals surface area contributed by atoms with Crippen LogP contribution in [0.1, 0.15) is 21.5 Å². The largest absolute Gasteiger partial charge is 0.389 e. The Balaban J connectivity index is 2.23. The van der Waals surface area contributed by atoms with Crippen molar-refractivity contribution in [2.45, 2.75) is 6.92 Å². The highest BCUT2D eigenvalue weighted by Crippen LogP contribution is 2.25. The molecule has 3 N–H and O–H groups in total. The third-order valence-electron chi connectivity index (χ3n) is 2.60. The summed E-state index contributed by atoms with van der Waals surface area (Å²) >= 11 is 9.81. The van der Waals surface area contributed by atoms with Gasteiger partial charge in [-0.3, -0.25) is 4.79 Å². The van der Waals surface area contributed by atoms with E-state index in [0.717, 1.165) is 15.6 Å². The summed E-state index contributed by atoms with van der Waals surface area (Å²) in [5.74, 6) is -0.123. The molecule has 0 aliphatic heterocycles. The molecule has 1 amide bonds. The Morgan fingerprint density at radius 1 is 1.42 bits per heavy atom. The number of anilines is 1. The molecule has 0 unspecified atom stereocenters. The van der Waals surface area contributed by atoms with E-state index in [9.17, 15) is 4.79 Å². The maximum absolute atomic E-state index is 12.1. The monoisotopic (exact) mass is 354 g/mol. The Morgan fingerprint density at radius 2 is 2.16 bits per heavy atom. The Labute approximate surface area is 129 Å². The zero-order valence-electron chi connectivity index (χ0n) is 10.1. The number of benzene rings is 1. The smallest absolute Gasteiger partial charge is 0.256 e. The van der Waals surface area contributed by atoms with Crippen molar-refractivity contribution in [2.75, 3.05) is 5.32 Å². The van der Waals surface area contributed by atoms with Gasteiger partial charge in [-0.05, 0) is 52.0 Å². The van der Waals surface area contributed by atoms with Crippen molar-refractivity contribution in [2.24, 2.45) is 5.73 Å². The van der Waals surface area contributed by atoms with E-state index < -0.39 is 0 Å². The first kappa shape index (κ1) is 14.2. The lowest BCUT2D eigenvalue weighted by atomic mass is 10.2. The Kier molecular flexibility index (Phi) is 4.34. The number of thiocarbonyl (C=S) groups is 1. The van der Waals surface area contributed by atoms with E-state index in [2.05, 4.69) is 21.2 Å². The molecule has 98 valence electrons. The number of amides is 1. The van der Waals surface area contributed by atoms with E-state index in [0.29, 0.717) is 16.2 Å². The molecule has 0 fully saturated rings. The summed E-state index contributed by atoms with van der Waals surface area (Å²) < 4.78 is 0.749. The molecular weight excluding hydrogens is 344 g/mol. The van der Waals surface area contributed by atoms with E-state index in [4.69, 9.17) is 18.0 Å². The standard InChI is InChI=1S/C13H11BrN2OS2/c1-7-5-19-6-9(7)13(17)16-11-3-2-8(12(15)18)4-10(11)14/h2-6H,1H3,(H2,15,18)(H,16,17). The van der Waals surface area contributed by atoms with Gasteiger partial charge >= 0.3 is 0 Å². The van der Waals surface area contributed by atoms with Gasteiger partial charge in [-0.25, -0.2) is 0 Å². The first-order valence-electron chi connectivity index (χ1n) is 5.42. The molecule has 0 atom stereocenters. The van der Waals surface area contributed by atoms with Crippen LogP contribution >= 0.6 is 39.5 Å². The van der Waals surface area contributed by atoms with Crippen LogP contribution in [-0.4, -0.2) is 10.9 Å². The fourth-order valence-electron chi connectivity index (χ4n) is 1.55. The molecule has 1 heterocycles. The summed E-state index contributed by atoms with van der Waals surface area (Å²) in [7, 11) is 0. The maximum Gasteiger partial charge on any atom is 0.256 e. The Morgan fingerprint density at radius 3 is 2.68 bits per heavy atom. The SMILES string of the molecule is Cc1cscc1C(=O)Nc1ccc(C(N)=S)cc1Br. The molecule has 0 saturated carbocycles. The molecule has 0 bridgehead atoms. The number of nitrogens with two attached hydrogens (primary N) is 1. The number of nitrogens with one attached hydrogen (secondary N) is 1. The summed E-state index contributed by atoms with van der Waals surface area (Å²) in [5.41, 5.74) is 8.66. The van der Waals surface area contributed by atoms with Gasteiger partial charge in [0, 0.05) is 15.4 Å². The second kappa shape index (κ2) is 5.81. The quantitative estimate of drug-likeness (QED) is 0.826. The lowest BCUT2D eigenvalue weighted by Gasteiger charge is -2.08. The minimum atomic E-state index is -0.123. The number of aryl methyl sites for hydroxylation is 1. The third-order valence-corrected chi connectivity index (χ3v) is 4.36. The van der Waals surface area contributed by atoms with Crippen molar-refractivity contribution < 1.29 is 4.79 Å². The van der Waals surface area contributed by atoms with Gasteiger partial charge in [0.15, 0.2) is 0 Å². The van der Waals surface area contributed by atoms with Crippen LogP contribution in [0.2, 0.25) is 0 Å². The molecule has 2 aromatic rings. The predicted octanol–water partition coefficient (Wildman–Crippen LogP) is 3.71. The zero-order valence-corrected chi connectivity index (χ0v) is 13.3. The van der Waals surface area contributed by atoms with Crippen LogP contribution in [0.4, 0.5) is 5.69 Å². The van der Waals surface area contributed by atoms with Gasteiger partial charge in [-0.2, -0.15) is 11.3 Å². The fourth-order valence-corrected chi connectivity index (χ4v) is 2.99. The summed E-state index contributed by atoms with van der Waals surface area (Å²) in [5, 5.41) is 6.64. The lowest BCUT2D eigenvalue weighted by Crippen LogP contribution is -2.13. The first-order chi connectivity index (χ1) is 8.99. The van der Waals surface area contributed by atoms with Crippen molar-refractivity contribution in [3.05, 3.63) is 50.1 Å². The van der Waals surface area contributed by atoms with Crippen molar-refractivity contribution in [3.63, 3.8) is 0 Å². The fraction of sp³-hybridized carbons (Fsp3) is 0.0769. The molecule has 0 spiro atoms. The second-order valence-electron chi connectivity index (χ2n) is 3.98. The molecule has 1 aromatic heterocycles. The van der Waals surface area contributed by atoms with E-state index in [1.165, 1.54) is 11.3 Å². The minimum Gasteiger partial charge on any atom is -0.389 e. The summed E-state index contributed by atoms with van der Waals surface area (Å²) in [6.07, 6.45) is 0. The van der Waals surface area contributed by atoms with E-state index in [1.807, 2.05) is 17.7 Å². The van der Waals surface area contributed by atoms with Crippen molar-refractivity contribution in [3.8, 4) is 0 Å². The van der Waals surface area contributed by atoms with Gasteiger partial charge in [-0.1, -0.05) is 12.2 Å². The maximum atomic E-state index is 12.1. The number of rotatable bonds is 3. The highest BCUT2D eigenvalue weighted by atomic mass is 79.9. The van der Waals surface area contributed by atoms with Gasteiger partial charge < -0.3 is 11.1 Å². The Bertz CT molecular complexity index is 652. The molecule has 0 saturated heterocycles. The van der Waals surface area contributed by atoms with E-state index in [1.54, 1.807) is 18.2 Å². The van der Waals surface area contributed by atoms with Crippen LogP contribution < -0.4 is 11.1 Å². The normalized spacial score (nSPS) is 10.2. The molecule has 1 aromatic carbocycles. The molecule has 19 heavy (non-hydrogen) atoms. The lowest BCUT2D eigenvalue weighted by molar-refractivity contribution is 0.102. The van der Waals surface area contributed by atoms with E-state index >= 15 is 0 Å². The van der Waals surface area contributed by atoms with Crippen LogP contribution in [0, 0.1) is 6.92 Å². The molecule has 2 rings (SSSR count). The molecule has 0 radical (unpaired) electrons. The third kappa shape index (κ3) is 3.20. The number of carbonyl (C=O) groups is 1. The van der Waals surface area contributed by atoms with Crippen molar-refractivity contribution >= 4 is 56.1 Å². The van der Waals surface area contributed by atoms with Crippen molar-refractivity contribution in [1.82, 2.24) is 0 Å². The zero-order chi connectivity index (χ0) is 14.0. The predicted molar refractivity (Wildman–Crippen MR) is 87.0 cm³/mol. The molecule has 0 aliphatic rings. The number of thiophene rings is 1. The highest BCUT2D eigenvalue weighted by Gasteiger charge is 2.12. The van der Waals surface area contributed by atoms with Crippen molar-refractivity contribution in [1.29, 1.82) is 0 Å². The number of halogens is 1. The van der Waals surface area contributed by atoms with Gasteiger partial charge in [0.1, 0.15) is 4.99 Å². The summed E-state index contributed by atoms with van der Waals surface area (Å²) in [6.45, 7) is 1.91. The highest BCUT2D eigenvalue weighted by molar-refractivity contribution is 9.10. The Hall–Kier alpha value is -1.24. The number of carbonyl (C=O) groups excluding carboxylic acids is 1. The molecule has 0 aliphatic carbocycles. The van der Waals surface area contributed by atoms with E-state index in [-0.39, 0.29) is 5.91 Å². The molecular formula is C13H11BrN2OS2. The van der Waals surface area contributed by atoms with Crippen LogP contribution in [0.5, 0.6) is 0 Å². The number of hydrogen-bond acceptors (Lipinski definition) is 3. The van der Waals surface area contributed by atoms with Gasteiger partial charge in [0.2, 0.25) is 0 Å².